The van der Waals surface area contributed by atoms with Crippen LogP contribution in [0.2, 0.25) is 0 Å². The molecule has 13 heavy (non-hydrogen) atoms. The van der Waals surface area contributed by atoms with Crippen LogP contribution in [0.5, 0.6) is 0 Å². The van der Waals surface area contributed by atoms with Gasteiger partial charge in [0, 0.05) is 0 Å². The second-order valence-corrected chi connectivity index (χ2v) is 3.64. The summed E-state index contributed by atoms with van der Waals surface area (Å²) in [5, 5.41) is 0. The van der Waals surface area contributed by atoms with Gasteiger partial charge in [0.05, 0.1) is 0 Å². The maximum atomic E-state index is 11.7. The van der Waals surface area contributed by atoms with E-state index >= 15 is 0 Å². The zero-order chi connectivity index (χ0) is 10.1. The van der Waals surface area contributed by atoms with Gasteiger partial charge in [-0.05, 0) is 0 Å². The van der Waals surface area contributed by atoms with Gasteiger partial charge in [-0.1, -0.05) is 0 Å². The Morgan fingerprint density at radius 1 is 1.38 bits per heavy atom. The van der Waals surface area contributed by atoms with Crippen molar-refractivity contribution in [3.8, 4) is 0 Å². The molecule has 1 heterocycles. The predicted octanol–water partition coefficient (Wildman–Crippen LogP) is 0.183. The van der Waals surface area contributed by atoms with Crippen LogP contribution in [0.25, 0.3) is 0 Å². The number of hydrogen-bond donors (Lipinski definition) is 0. The first-order chi connectivity index (χ1) is 5.83. The van der Waals surface area contributed by atoms with Gasteiger partial charge < -0.3 is 9.47 Å². The van der Waals surface area contributed by atoms with Gasteiger partial charge in [-0.3, -0.25) is 0 Å². The first-order valence-electron chi connectivity index (χ1n) is 3.02. The molecular formula is C4H5F3O5S. The van der Waals surface area contributed by atoms with Gasteiger partial charge in [0.1, 0.15) is 13.4 Å². The van der Waals surface area contributed by atoms with Gasteiger partial charge in [0.15, 0.2) is 0 Å². The molecule has 9 heteroatoms. The second-order valence-electron chi connectivity index (χ2n) is 2.08. The Labute approximate surface area is 71.5 Å². The third-order valence-corrected chi connectivity index (χ3v) is 2.14. The fourth-order valence-electron chi connectivity index (χ4n) is 0.568. The van der Waals surface area contributed by atoms with Crippen molar-refractivity contribution in [2.24, 2.45) is 0 Å². The molecule has 0 N–H and O–H groups in total. The van der Waals surface area contributed by atoms with Crippen molar-refractivity contribution in [1.29, 1.82) is 0 Å². The lowest BCUT2D eigenvalue weighted by Gasteiger charge is -2.11. The third-order valence-electron chi connectivity index (χ3n) is 1.11. The van der Waals surface area contributed by atoms with Crippen LogP contribution in [0, 0.1) is 0 Å². The topological polar surface area (TPSA) is 61.8 Å². The molecule has 0 aromatic carbocycles. The first-order valence-corrected chi connectivity index (χ1v) is 4.42. The average molecular weight is 222 g/mol. The molecule has 0 saturated carbocycles. The molecule has 0 aromatic heterocycles. The van der Waals surface area contributed by atoms with Gasteiger partial charge in [0.2, 0.25) is 6.29 Å². The van der Waals surface area contributed by atoms with E-state index in [0.717, 1.165) is 0 Å². The highest BCUT2D eigenvalue weighted by Crippen LogP contribution is 2.26. The van der Waals surface area contributed by atoms with Crippen molar-refractivity contribution in [2.75, 3.05) is 13.4 Å². The minimum Gasteiger partial charge on any atom is -0.350 e. The molecular weight excluding hydrogens is 217 g/mol. The molecule has 0 spiro atoms. The van der Waals surface area contributed by atoms with E-state index in [1.165, 1.54) is 0 Å². The van der Waals surface area contributed by atoms with Crippen LogP contribution < -0.4 is 0 Å². The van der Waals surface area contributed by atoms with E-state index in [4.69, 9.17) is 0 Å². The van der Waals surface area contributed by atoms with E-state index in [-0.39, 0.29) is 13.4 Å². The van der Waals surface area contributed by atoms with Crippen molar-refractivity contribution >= 4 is 10.1 Å². The summed E-state index contributed by atoms with van der Waals surface area (Å²) < 4.78 is 68.1. The van der Waals surface area contributed by atoms with E-state index in [2.05, 4.69) is 13.7 Å². The second kappa shape index (κ2) is 3.40. The van der Waals surface area contributed by atoms with Crippen molar-refractivity contribution in [3.63, 3.8) is 0 Å². The highest BCUT2D eigenvalue weighted by atomic mass is 32.2. The number of alkyl halides is 3. The molecule has 1 saturated heterocycles. The lowest BCUT2D eigenvalue weighted by atomic mass is 10.7. The molecule has 0 aliphatic carbocycles. The van der Waals surface area contributed by atoms with Crippen LogP contribution in [-0.4, -0.2) is 33.6 Å². The van der Waals surface area contributed by atoms with E-state index in [1.54, 1.807) is 0 Å². The zero-order valence-electron chi connectivity index (χ0n) is 6.07. The van der Waals surface area contributed by atoms with Crippen LogP contribution in [0.1, 0.15) is 0 Å². The summed E-state index contributed by atoms with van der Waals surface area (Å²) in [7, 11) is -5.59. The van der Waals surface area contributed by atoms with E-state index in [0.29, 0.717) is 0 Å². The highest BCUT2D eigenvalue weighted by Gasteiger charge is 2.49. The summed E-state index contributed by atoms with van der Waals surface area (Å²) in [6.45, 7) is -0.618. The fourth-order valence-corrected chi connectivity index (χ4v) is 1.07. The number of rotatable bonds is 2. The summed E-state index contributed by atoms with van der Waals surface area (Å²) >= 11 is 0. The van der Waals surface area contributed by atoms with Crippen LogP contribution in [0.4, 0.5) is 13.2 Å². The Balaban J connectivity index is 2.62. The Morgan fingerprint density at radius 2 is 2.00 bits per heavy atom. The molecule has 0 amide bonds. The minimum absolute atomic E-state index is 0.280. The molecule has 0 radical (unpaired) electrons. The molecule has 1 fully saturated rings. The zero-order valence-corrected chi connectivity index (χ0v) is 6.89. The molecule has 78 valence electrons. The van der Waals surface area contributed by atoms with Crippen molar-refractivity contribution in [1.82, 2.24) is 0 Å². The molecule has 1 aliphatic heterocycles. The summed E-state index contributed by atoms with van der Waals surface area (Å²) in [5.74, 6) is 0. The van der Waals surface area contributed by atoms with E-state index in [9.17, 15) is 21.6 Å². The summed E-state index contributed by atoms with van der Waals surface area (Å²) in [6.07, 6.45) is -1.51. The van der Waals surface area contributed by atoms with Gasteiger partial charge in [0.25, 0.3) is 0 Å². The van der Waals surface area contributed by atoms with Crippen molar-refractivity contribution < 1.29 is 35.2 Å². The molecule has 1 aliphatic rings. The smallest absolute Gasteiger partial charge is 0.350 e. The average Bonchev–Trinajstić information content (AvgIpc) is 2.35. The maximum Gasteiger partial charge on any atom is 0.523 e. The van der Waals surface area contributed by atoms with E-state index in [1.807, 2.05) is 0 Å². The Kier molecular flexibility index (Phi) is 2.80. The molecule has 1 atom stereocenters. The van der Waals surface area contributed by atoms with Gasteiger partial charge in [-0.2, -0.15) is 21.6 Å². The summed E-state index contributed by atoms with van der Waals surface area (Å²) in [4.78, 5) is 0. The Morgan fingerprint density at radius 3 is 2.38 bits per heavy atom. The summed E-state index contributed by atoms with van der Waals surface area (Å²) in [6, 6.07) is 0. The highest BCUT2D eigenvalue weighted by molar-refractivity contribution is 7.87. The monoisotopic (exact) mass is 222 g/mol. The lowest BCUT2D eigenvalue weighted by molar-refractivity contribution is -0.0823. The van der Waals surface area contributed by atoms with Crippen LogP contribution >= 0.6 is 0 Å². The molecule has 5 nitrogen and oxygen atoms in total. The van der Waals surface area contributed by atoms with Crippen molar-refractivity contribution in [2.45, 2.75) is 11.8 Å². The van der Waals surface area contributed by atoms with Crippen LogP contribution in [-0.2, 0) is 23.8 Å². The quantitative estimate of drug-likeness (QED) is 0.492. The normalized spacial score (nSPS) is 25.0. The SMILES string of the molecule is O=S(=O)(OC1COCO1)C(F)(F)F. The first kappa shape index (κ1) is 10.7. The largest absolute Gasteiger partial charge is 0.523 e. The third kappa shape index (κ3) is 2.53. The standard InChI is InChI=1S/C4H5F3O5S/c5-4(6,7)13(8,9)12-3-1-10-2-11-3/h3H,1-2H2. The number of hydrogen-bond acceptors (Lipinski definition) is 5. The van der Waals surface area contributed by atoms with Gasteiger partial charge in [-0.15, -0.1) is 0 Å². The molecule has 1 unspecified atom stereocenters. The summed E-state index contributed by atoms with van der Waals surface area (Å²) in [5.41, 5.74) is -5.43. The Bertz CT molecular complexity index is 264. The maximum absolute atomic E-state index is 11.7. The molecule has 0 aromatic rings. The molecule has 1 rings (SSSR count). The van der Waals surface area contributed by atoms with Crippen LogP contribution in [0.3, 0.4) is 0 Å². The lowest BCUT2D eigenvalue weighted by Crippen LogP contribution is -2.30. The Hall–Kier alpha value is -0.380. The predicted molar refractivity (Wildman–Crippen MR) is 31.8 cm³/mol. The number of ether oxygens (including phenoxy) is 2. The van der Waals surface area contributed by atoms with Crippen LogP contribution in [0.15, 0.2) is 0 Å². The number of halogens is 3. The fraction of sp³-hybridized carbons (Fsp3) is 1.00. The van der Waals surface area contributed by atoms with Gasteiger partial charge >= 0.3 is 15.6 Å². The molecule has 0 bridgehead atoms. The van der Waals surface area contributed by atoms with Crippen molar-refractivity contribution in [3.05, 3.63) is 0 Å². The minimum atomic E-state index is -5.59. The van der Waals surface area contributed by atoms with E-state index < -0.39 is 21.9 Å². The van der Waals surface area contributed by atoms with Gasteiger partial charge in [-0.25, -0.2) is 4.18 Å².